The Bertz CT molecular complexity index is 159. The molecule has 3 heteroatoms. The van der Waals surface area contributed by atoms with E-state index in [9.17, 15) is 0 Å². The first-order valence-electron chi connectivity index (χ1n) is 2.27. The zero-order chi connectivity index (χ0) is 5.98. The quantitative estimate of drug-likeness (QED) is 0.572. The van der Waals surface area contributed by atoms with Crippen LogP contribution in [0, 0.1) is 0 Å². The van der Waals surface area contributed by atoms with Gasteiger partial charge in [-0.2, -0.15) is 0 Å². The van der Waals surface area contributed by atoms with E-state index in [0.29, 0.717) is 5.75 Å². The van der Waals surface area contributed by atoms with Crippen LogP contribution in [0.1, 0.15) is 2.85 Å². The first kappa shape index (κ1) is 9.31. The molecule has 0 aliphatic heterocycles. The Morgan fingerprint density at radius 1 is 1.22 bits per heavy atom. The fraction of sp³-hybridized carbons (Fsp3) is 0. The smallest absolute Gasteiger partial charge is 1.00 e. The molecule has 1 aromatic carbocycles. The van der Waals surface area contributed by atoms with Gasteiger partial charge in [-0.25, -0.2) is 0 Å². The summed E-state index contributed by atoms with van der Waals surface area (Å²) in [6, 6.07) is 7.01. The fourth-order valence-corrected chi connectivity index (χ4v) is 0.765. The number of hydrogen-bond acceptors (Lipinski definition) is 1. The van der Waals surface area contributed by atoms with E-state index in [1.165, 1.54) is 0 Å². The van der Waals surface area contributed by atoms with Gasteiger partial charge in [-0.1, -0.05) is 0 Å². The van der Waals surface area contributed by atoms with Crippen LogP contribution in [0.4, 0.5) is 0 Å². The van der Waals surface area contributed by atoms with Crippen LogP contribution < -0.4 is 4.46 Å². The number of rotatable bonds is 0. The molecule has 0 aliphatic rings. The molecule has 0 aliphatic carbocycles. The van der Waals surface area contributed by atoms with Crippen LogP contribution in [0.2, 0.25) is 0 Å². The third kappa shape index (κ3) is 3.11. The second-order valence-corrected chi connectivity index (χ2v) is 2.60. The fourth-order valence-electron chi connectivity index (χ4n) is 0.453. The third-order valence-electron chi connectivity index (χ3n) is 0.850. The van der Waals surface area contributed by atoms with Crippen molar-refractivity contribution in [2.45, 2.75) is 0 Å². The molecule has 1 nitrogen and oxygen atoms in total. The molecule has 0 spiro atoms. The summed E-state index contributed by atoms with van der Waals surface area (Å²) < 4.78 is 1.11. The van der Waals surface area contributed by atoms with Gasteiger partial charge in [-0.15, -0.1) is 0 Å². The van der Waals surface area contributed by atoms with Crippen molar-refractivity contribution in [3.8, 4) is 5.75 Å². The summed E-state index contributed by atoms with van der Waals surface area (Å²) in [5, 5.41) is 8.75. The minimum Gasteiger partial charge on any atom is -1.00 e. The Labute approximate surface area is 81.4 Å². The molecule has 9 heavy (non-hydrogen) atoms. The molecule has 0 bridgehead atoms. The first-order valence-corrected chi connectivity index (χ1v) is 3.21. The van der Waals surface area contributed by atoms with Gasteiger partial charge in [0.2, 0.25) is 0 Å². The van der Waals surface area contributed by atoms with Gasteiger partial charge in [0.15, 0.2) is 0 Å². The Balaban J connectivity index is -0.000000213. The second kappa shape index (κ2) is 4.17. The third-order valence-corrected chi connectivity index (χ3v) is 1.48. The zero-order valence-electron chi connectivity index (χ0n) is 6.91. The Morgan fingerprint density at radius 2 is 1.67 bits per heavy atom. The molecule has 1 rings (SSSR count). The molecule has 1 N–H and O–H groups in total. The molecule has 0 aromatic heterocycles. The van der Waals surface area contributed by atoms with Crippen LogP contribution in [0.3, 0.4) is 0 Å². The second-order valence-electron chi connectivity index (χ2n) is 1.52. The largest absolute Gasteiger partial charge is 2.00 e. The molecule has 0 unspecified atom stereocenters. The average Bonchev–Trinajstić information content (AvgIpc) is 1.77. The van der Waals surface area contributed by atoms with Crippen molar-refractivity contribution in [1.29, 1.82) is 0 Å². The summed E-state index contributed by atoms with van der Waals surface area (Å²) in [5.41, 5.74) is 0. The predicted molar refractivity (Wildman–Crippen MR) is 42.9 cm³/mol. The van der Waals surface area contributed by atoms with Gasteiger partial charge in [-0.05, 0) is 0 Å². The monoisotopic (exact) mass is 200 g/mol. The minimum atomic E-state index is 0. The van der Waals surface area contributed by atoms with Gasteiger partial charge in [0.05, 0.1) is 0 Å². The van der Waals surface area contributed by atoms with Crippen molar-refractivity contribution in [3.05, 3.63) is 24.3 Å². The van der Waals surface area contributed by atoms with E-state index in [1.54, 1.807) is 12.1 Å². The van der Waals surface area contributed by atoms with Crippen molar-refractivity contribution in [3.63, 3.8) is 0 Å². The van der Waals surface area contributed by atoms with Gasteiger partial charge >= 0.3 is 78.6 Å². The Morgan fingerprint density at radius 3 is 2.00 bits per heavy atom. The minimum absolute atomic E-state index is 0. The van der Waals surface area contributed by atoms with E-state index in [2.05, 4.69) is 16.0 Å². The van der Waals surface area contributed by atoms with Gasteiger partial charge in [0.1, 0.15) is 0 Å². The van der Waals surface area contributed by atoms with Crippen molar-refractivity contribution in [2.24, 2.45) is 0 Å². The maximum absolute atomic E-state index is 8.75. The van der Waals surface area contributed by atoms with Crippen LogP contribution in [-0.2, 0) is 0 Å². The van der Waals surface area contributed by atoms with E-state index in [-0.39, 0.29) is 25.9 Å². The van der Waals surface area contributed by atoms with Gasteiger partial charge in [0.25, 0.3) is 0 Å². The zero-order valence-corrected chi connectivity index (χ0v) is 8.20. The summed E-state index contributed by atoms with van der Waals surface area (Å²) in [5.74, 6) is 0.319. The van der Waals surface area contributed by atoms with Crippen LogP contribution >= 0.6 is 0 Å². The Kier molecular flexibility index (Phi) is 4.32. The van der Waals surface area contributed by atoms with Crippen molar-refractivity contribution in [2.75, 3.05) is 0 Å². The summed E-state index contributed by atoms with van der Waals surface area (Å²) in [6.07, 6.45) is 0. The molecule has 0 saturated heterocycles. The molecule has 0 heterocycles. The Hall–Kier alpha value is 0.306. The van der Waals surface area contributed by atoms with Gasteiger partial charge in [0, 0.05) is 0 Å². The van der Waals surface area contributed by atoms with E-state index in [4.69, 9.17) is 5.11 Å². The molecule has 0 saturated carbocycles. The number of phenols is 1. The molecular weight excluding hydrogens is 191 g/mol. The van der Waals surface area contributed by atoms with E-state index >= 15 is 0 Å². The topological polar surface area (TPSA) is 20.2 Å². The molecule has 0 fully saturated rings. The number of hydrogen-bond donors (Lipinski definition) is 1. The number of benzene rings is 1. The molecule has 1 aromatic rings. The molecule has 0 radical (unpaired) electrons. The van der Waals surface area contributed by atoms with Crippen molar-refractivity contribution < 1.29 is 7.96 Å². The van der Waals surface area contributed by atoms with Gasteiger partial charge in [-0.3, -0.25) is 0 Å². The molecule has 0 amide bonds. The van der Waals surface area contributed by atoms with Crippen molar-refractivity contribution >= 4 is 43.5 Å². The molecule has 0 atom stereocenters. The van der Waals surface area contributed by atoms with Crippen LogP contribution in [0.15, 0.2) is 24.3 Å². The summed E-state index contributed by atoms with van der Waals surface area (Å²) in [4.78, 5) is 0. The normalized spacial score (nSPS) is 8.11. The van der Waals surface area contributed by atoms with Crippen LogP contribution in [0.5, 0.6) is 5.75 Å². The van der Waals surface area contributed by atoms with E-state index < -0.39 is 0 Å². The standard InChI is InChI=1S/C6H6OSe.Mg.2H/c7-5-1-3-6(8)4-2-5;;;/h1-4,7-8H;;;/q;+2;2*-1. The van der Waals surface area contributed by atoms with E-state index in [0.717, 1.165) is 4.46 Å². The summed E-state index contributed by atoms with van der Waals surface area (Å²) >= 11 is 2.40. The van der Waals surface area contributed by atoms with E-state index in [1.807, 2.05) is 12.1 Å². The number of aromatic hydroxyl groups is 1. The van der Waals surface area contributed by atoms with Crippen molar-refractivity contribution in [1.82, 2.24) is 0 Å². The van der Waals surface area contributed by atoms with Crippen LogP contribution in [-0.4, -0.2) is 44.2 Å². The SMILES string of the molecule is Oc1ccc([SeH])cc1.[H-].[H-].[Mg+2]. The maximum atomic E-state index is 8.75. The predicted octanol–water partition coefficient (Wildman–Crippen LogP) is -0.238. The number of phenolic OH excluding ortho intramolecular Hbond substituents is 1. The maximum Gasteiger partial charge on any atom is 2.00 e. The summed E-state index contributed by atoms with van der Waals surface area (Å²) in [7, 11) is 0. The summed E-state index contributed by atoms with van der Waals surface area (Å²) in [6.45, 7) is 0. The average molecular weight is 199 g/mol. The van der Waals surface area contributed by atoms with Gasteiger partial charge < -0.3 is 2.85 Å². The van der Waals surface area contributed by atoms with Crippen LogP contribution in [0.25, 0.3) is 0 Å². The first-order chi connectivity index (χ1) is 3.79. The molecular formula is C6H8MgOSe. The molecule has 46 valence electrons.